The molecule has 10 heteroatoms. The predicted octanol–water partition coefficient (Wildman–Crippen LogP) is 3.49. The maximum Gasteiger partial charge on any atom is 0.262 e. The molecule has 1 heterocycles. The second-order valence-corrected chi connectivity index (χ2v) is 11.6. The number of carbonyl (C=O) groups is 1. The van der Waals surface area contributed by atoms with Crippen molar-refractivity contribution in [1.82, 2.24) is 4.90 Å². The van der Waals surface area contributed by atoms with E-state index in [1.165, 1.54) is 6.07 Å². The number of carbonyl (C=O) groups excluding carboxylic acids is 1. The van der Waals surface area contributed by atoms with E-state index in [0.717, 1.165) is 25.5 Å². The highest BCUT2D eigenvalue weighted by Gasteiger charge is 2.28. The molecule has 0 aromatic heterocycles. The summed E-state index contributed by atoms with van der Waals surface area (Å²) in [5.41, 5.74) is 1.57. The van der Waals surface area contributed by atoms with Crippen LogP contribution in [0.4, 0.5) is 11.4 Å². The number of nitrogens with one attached hydrogen (secondary N) is 2. The average Bonchev–Trinajstić information content (AvgIpc) is 2.70. The second-order valence-electron chi connectivity index (χ2n) is 8.25. The Hall–Kier alpha value is -2.59. The molecule has 0 unspecified atom stereocenters. The molecule has 3 rings (SSSR count). The zero-order chi connectivity index (χ0) is 23.7. The molecule has 1 amide bonds. The third kappa shape index (κ3) is 5.24. The van der Waals surface area contributed by atoms with Gasteiger partial charge >= 0.3 is 0 Å². The van der Waals surface area contributed by atoms with Gasteiger partial charge in [-0.15, -0.1) is 0 Å². The smallest absolute Gasteiger partial charge is 0.262 e. The molecule has 1 aliphatic heterocycles. The number of amides is 1. The highest BCUT2D eigenvalue weighted by atomic mass is 32.2. The SMILES string of the molecule is Cc1ccc(S(=O)(=O)Nc2ccccc2C(=O)N2CCCC[C@@H]2C)c(C)c1NS(C)(=O)=O. The van der Waals surface area contributed by atoms with Gasteiger partial charge in [-0.3, -0.25) is 14.2 Å². The predicted molar refractivity (Wildman–Crippen MR) is 126 cm³/mol. The number of piperidine rings is 1. The standard InChI is InChI=1S/C22H29N3O5S2/c1-15-12-13-20(17(3)21(15)24-31(4,27)28)32(29,30)23-19-11-6-5-10-18(19)22(26)25-14-8-7-9-16(25)2/h5-6,10-13,16,23-24H,7-9,14H2,1-4H3/t16-/m0/s1. The van der Waals surface area contributed by atoms with Crippen LogP contribution in [-0.4, -0.2) is 46.5 Å². The molecule has 32 heavy (non-hydrogen) atoms. The van der Waals surface area contributed by atoms with Gasteiger partial charge in [-0.05, 0) is 69.4 Å². The Morgan fingerprint density at radius 3 is 2.34 bits per heavy atom. The average molecular weight is 480 g/mol. The molecule has 2 aromatic rings. The maximum atomic E-state index is 13.3. The molecular weight excluding hydrogens is 450 g/mol. The molecule has 2 N–H and O–H groups in total. The van der Waals surface area contributed by atoms with Crippen LogP contribution < -0.4 is 9.44 Å². The number of nitrogens with zero attached hydrogens (tertiary/aromatic N) is 1. The fourth-order valence-corrected chi connectivity index (χ4v) is 5.99. The molecule has 1 saturated heterocycles. The summed E-state index contributed by atoms with van der Waals surface area (Å²) < 4.78 is 54.9. The first-order chi connectivity index (χ1) is 14.9. The van der Waals surface area contributed by atoms with E-state index in [4.69, 9.17) is 0 Å². The lowest BCUT2D eigenvalue weighted by molar-refractivity contribution is 0.0636. The van der Waals surface area contributed by atoms with Crippen LogP contribution in [0.3, 0.4) is 0 Å². The van der Waals surface area contributed by atoms with Crippen LogP contribution in [0.2, 0.25) is 0 Å². The molecule has 1 fully saturated rings. The number of aryl methyl sites for hydroxylation is 1. The van der Waals surface area contributed by atoms with Crippen molar-refractivity contribution in [2.24, 2.45) is 0 Å². The van der Waals surface area contributed by atoms with Crippen molar-refractivity contribution in [1.29, 1.82) is 0 Å². The minimum absolute atomic E-state index is 0.0668. The lowest BCUT2D eigenvalue weighted by atomic mass is 10.0. The maximum absolute atomic E-state index is 13.3. The van der Waals surface area contributed by atoms with Gasteiger partial charge in [-0.2, -0.15) is 0 Å². The normalized spacial score (nSPS) is 17.1. The van der Waals surface area contributed by atoms with Crippen LogP contribution in [0.5, 0.6) is 0 Å². The number of anilines is 2. The van der Waals surface area contributed by atoms with Gasteiger partial charge < -0.3 is 4.90 Å². The fraction of sp³-hybridized carbons (Fsp3) is 0.409. The summed E-state index contributed by atoms with van der Waals surface area (Å²) >= 11 is 0. The van der Waals surface area contributed by atoms with Gasteiger partial charge in [0.15, 0.2) is 0 Å². The summed E-state index contributed by atoms with van der Waals surface area (Å²) in [6, 6.07) is 9.58. The van der Waals surface area contributed by atoms with Crippen LogP contribution >= 0.6 is 0 Å². The van der Waals surface area contributed by atoms with Gasteiger partial charge in [0.25, 0.3) is 15.9 Å². The van der Waals surface area contributed by atoms with Crippen molar-refractivity contribution in [2.45, 2.75) is 51.0 Å². The minimum atomic E-state index is -4.09. The molecule has 174 valence electrons. The van der Waals surface area contributed by atoms with Crippen molar-refractivity contribution in [3.05, 3.63) is 53.1 Å². The molecular formula is C22H29N3O5S2. The molecule has 0 radical (unpaired) electrons. The third-order valence-electron chi connectivity index (χ3n) is 5.67. The first-order valence-electron chi connectivity index (χ1n) is 10.4. The highest BCUT2D eigenvalue weighted by Crippen LogP contribution is 2.30. The summed E-state index contributed by atoms with van der Waals surface area (Å²) in [6.07, 6.45) is 3.91. The Bertz CT molecular complexity index is 1240. The number of rotatable bonds is 6. The van der Waals surface area contributed by atoms with E-state index in [2.05, 4.69) is 9.44 Å². The molecule has 0 spiro atoms. The van der Waals surface area contributed by atoms with Crippen LogP contribution in [-0.2, 0) is 20.0 Å². The van der Waals surface area contributed by atoms with E-state index in [0.29, 0.717) is 12.1 Å². The summed E-state index contributed by atoms with van der Waals surface area (Å²) in [5.74, 6) is -0.212. The summed E-state index contributed by atoms with van der Waals surface area (Å²) in [5, 5.41) is 0. The van der Waals surface area contributed by atoms with Gasteiger partial charge in [0, 0.05) is 12.6 Å². The number of hydrogen-bond donors (Lipinski definition) is 2. The van der Waals surface area contributed by atoms with Crippen LogP contribution in [0.25, 0.3) is 0 Å². The second kappa shape index (κ2) is 9.11. The number of para-hydroxylation sites is 1. The Morgan fingerprint density at radius 2 is 1.69 bits per heavy atom. The van der Waals surface area contributed by atoms with Gasteiger partial charge in [-0.1, -0.05) is 18.2 Å². The highest BCUT2D eigenvalue weighted by molar-refractivity contribution is 7.93. The molecule has 0 aliphatic carbocycles. The molecule has 8 nitrogen and oxygen atoms in total. The lowest BCUT2D eigenvalue weighted by Gasteiger charge is -2.34. The van der Waals surface area contributed by atoms with Crippen LogP contribution in [0.1, 0.15) is 47.7 Å². The van der Waals surface area contributed by atoms with Crippen molar-refractivity contribution in [3.8, 4) is 0 Å². The van der Waals surface area contributed by atoms with Gasteiger partial charge in [0.1, 0.15) is 0 Å². The minimum Gasteiger partial charge on any atom is -0.336 e. The monoisotopic (exact) mass is 479 g/mol. The number of likely N-dealkylation sites (tertiary alicyclic amines) is 1. The van der Waals surface area contributed by atoms with Crippen LogP contribution in [0, 0.1) is 13.8 Å². The van der Waals surface area contributed by atoms with Crippen molar-refractivity contribution in [2.75, 3.05) is 22.2 Å². The van der Waals surface area contributed by atoms with E-state index in [1.54, 1.807) is 49.1 Å². The zero-order valence-corrected chi connectivity index (χ0v) is 20.3. The Labute approximate surface area is 190 Å². The number of hydrogen-bond acceptors (Lipinski definition) is 5. The Kier molecular flexibility index (Phi) is 6.85. The van der Waals surface area contributed by atoms with Crippen molar-refractivity contribution >= 4 is 37.3 Å². The van der Waals surface area contributed by atoms with Gasteiger partial charge in [0.2, 0.25) is 10.0 Å². The quantitative estimate of drug-likeness (QED) is 0.659. The molecule has 0 saturated carbocycles. The summed E-state index contributed by atoms with van der Waals surface area (Å²) in [7, 11) is -7.69. The van der Waals surface area contributed by atoms with Gasteiger partial charge in [0.05, 0.1) is 28.1 Å². The third-order valence-corrected chi connectivity index (χ3v) is 7.75. The molecule has 0 bridgehead atoms. The lowest BCUT2D eigenvalue weighted by Crippen LogP contribution is -2.42. The topological polar surface area (TPSA) is 113 Å². The zero-order valence-electron chi connectivity index (χ0n) is 18.7. The van der Waals surface area contributed by atoms with Gasteiger partial charge in [-0.25, -0.2) is 16.8 Å². The first-order valence-corrected chi connectivity index (χ1v) is 13.8. The molecule has 2 aromatic carbocycles. The van der Waals surface area contributed by atoms with Crippen LogP contribution in [0.15, 0.2) is 41.3 Å². The van der Waals surface area contributed by atoms with Crippen molar-refractivity contribution in [3.63, 3.8) is 0 Å². The number of sulfonamides is 2. The largest absolute Gasteiger partial charge is 0.336 e. The van der Waals surface area contributed by atoms with E-state index in [9.17, 15) is 21.6 Å². The van der Waals surface area contributed by atoms with Crippen molar-refractivity contribution < 1.29 is 21.6 Å². The summed E-state index contributed by atoms with van der Waals surface area (Å²) in [4.78, 5) is 14.9. The Balaban J connectivity index is 1.98. The number of benzene rings is 2. The van der Waals surface area contributed by atoms with E-state index in [1.807, 2.05) is 6.92 Å². The first kappa shape index (κ1) is 24.1. The summed E-state index contributed by atoms with van der Waals surface area (Å²) in [6.45, 7) is 5.87. The molecule has 1 aliphatic rings. The van der Waals surface area contributed by atoms with E-state index < -0.39 is 20.0 Å². The Morgan fingerprint density at radius 1 is 1.00 bits per heavy atom. The van der Waals surface area contributed by atoms with E-state index >= 15 is 0 Å². The fourth-order valence-electron chi connectivity index (χ4n) is 3.97. The molecule has 1 atom stereocenters. The van der Waals surface area contributed by atoms with E-state index in [-0.39, 0.29) is 39.3 Å².